The van der Waals surface area contributed by atoms with Gasteiger partial charge in [0.2, 0.25) is 5.91 Å². The Morgan fingerprint density at radius 3 is 2.47 bits per heavy atom. The number of nitrogens with zero attached hydrogens (tertiary/aromatic N) is 2. The van der Waals surface area contributed by atoms with Crippen molar-refractivity contribution in [3.63, 3.8) is 0 Å². The van der Waals surface area contributed by atoms with Crippen LogP contribution in [0.5, 0.6) is 0 Å². The second-order valence-electron chi connectivity index (χ2n) is 8.47. The van der Waals surface area contributed by atoms with E-state index in [9.17, 15) is 9.59 Å². The molecule has 0 spiro atoms. The molecule has 0 radical (unpaired) electrons. The first-order valence-electron chi connectivity index (χ1n) is 11.5. The second-order valence-corrected chi connectivity index (χ2v) is 10.6. The minimum absolute atomic E-state index is 0.0521. The lowest BCUT2D eigenvalue weighted by Crippen LogP contribution is -2.27. The number of nitrogens with one attached hydrogen (secondary N) is 1. The summed E-state index contributed by atoms with van der Waals surface area (Å²) in [5.41, 5.74) is 4.32. The summed E-state index contributed by atoms with van der Waals surface area (Å²) < 4.78 is 1.88. The Hall–Kier alpha value is -2.12. The van der Waals surface area contributed by atoms with Gasteiger partial charge in [-0.3, -0.25) is 14.2 Å². The number of aromatic nitrogens is 2. The zero-order valence-electron chi connectivity index (χ0n) is 19.3. The lowest BCUT2D eigenvalue weighted by Gasteiger charge is -2.18. The van der Waals surface area contributed by atoms with Crippen LogP contribution < -0.4 is 10.9 Å². The first kappa shape index (κ1) is 23.1. The van der Waals surface area contributed by atoms with Crippen molar-refractivity contribution in [3.8, 4) is 0 Å². The fourth-order valence-electron chi connectivity index (χ4n) is 4.58. The highest BCUT2D eigenvalue weighted by molar-refractivity contribution is 7.99. The number of fused-ring (bicyclic) bond motifs is 1. The van der Waals surface area contributed by atoms with Gasteiger partial charge < -0.3 is 5.32 Å². The second kappa shape index (κ2) is 9.79. The van der Waals surface area contributed by atoms with Crippen molar-refractivity contribution in [2.45, 2.75) is 77.4 Å². The molecule has 170 valence electrons. The molecule has 1 N–H and O–H groups in total. The van der Waals surface area contributed by atoms with Gasteiger partial charge in [0.05, 0.1) is 11.1 Å². The SMILES string of the molecule is CCc1cccc(CC)c1NC(=O)CSc1nc2sc(C)c(C)c2c(=O)n1C1CCCC1. The molecular formula is C25H31N3O2S2. The number of hydrogen-bond donors (Lipinski definition) is 1. The fourth-order valence-corrected chi connectivity index (χ4v) is 6.52. The van der Waals surface area contributed by atoms with E-state index in [-0.39, 0.29) is 23.3 Å². The van der Waals surface area contributed by atoms with Crippen LogP contribution in [-0.4, -0.2) is 21.2 Å². The minimum atomic E-state index is -0.0588. The molecule has 0 unspecified atom stereocenters. The molecule has 7 heteroatoms. The van der Waals surface area contributed by atoms with Gasteiger partial charge in [-0.25, -0.2) is 4.98 Å². The summed E-state index contributed by atoms with van der Waals surface area (Å²) in [6.45, 7) is 8.25. The zero-order valence-corrected chi connectivity index (χ0v) is 20.9. The Labute approximate surface area is 197 Å². The normalized spacial score (nSPS) is 14.4. The molecule has 2 heterocycles. The molecule has 0 bridgehead atoms. The Bertz CT molecular complexity index is 1180. The largest absolute Gasteiger partial charge is 0.325 e. The predicted molar refractivity (Wildman–Crippen MR) is 135 cm³/mol. The zero-order chi connectivity index (χ0) is 22.8. The van der Waals surface area contributed by atoms with Crippen molar-refractivity contribution in [3.05, 3.63) is 50.1 Å². The van der Waals surface area contributed by atoms with Gasteiger partial charge in [0.25, 0.3) is 5.56 Å². The van der Waals surface area contributed by atoms with Gasteiger partial charge in [-0.15, -0.1) is 11.3 Å². The van der Waals surface area contributed by atoms with Crippen molar-refractivity contribution in [2.75, 3.05) is 11.1 Å². The molecule has 32 heavy (non-hydrogen) atoms. The van der Waals surface area contributed by atoms with Crippen molar-refractivity contribution in [1.82, 2.24) is 9.55 Å². The average Bonchev–Trinajstić information content (AvgIpc) is 3.40. The topological polar surface area (TPSA) is 64.0 Å². The molecule has 3 aromatic rings. The molecule has 1 aromatic carbocycles. The molecule has 0 atom stereocenters. The molecule has 4 rings (SSSR count). The third kappa shape index (κ3) is 4.37. The molecule has 0 saturated heterocycles. The van der Waals surface area contributed by atoms with E-state index >= 15 is 0 Å². The highest BCUT2D eigenvalue weighted by atomic mass is 32.2. The molecule has 1 aliphatic carbocycles. The molecule has 0 aliphatic heterocycles. The Morgan fingerprint density at radius 2 is 1.84 bits per heavy atom. The van der Waals surface area contributed by atoms with Gasteiger partial charge in [0.1, 0.15) is 4.83 Å². The van der Waals surface area contributed by atoms with E-state index in [0.717, 1.165) is 76.0 Å². The van der Waals surface area contributed by atoms with Crippen molar-refractivity contribution >= 4 is 44.9 Å². The molecule has 1 aliphatic rings. The van der Waals surface area contributed by atoms with Crippen molar-refractivity contribution in [1.29, 1.82) is 0 Å². The number of carbonyl (C=O) groups is 1. The van der Waals surface area contributed by atoms with E-state index in [0.29, 0.717) is 5.16 Å². The van der Waals surface area contributed by atoms with E-state index in [1.807, 2.05) is 24.5 Å². The summed E-state index contributed by atoms with van der Waals surface area (Å²) in [5.74, 6) is 0.173. The molecule has 1 saturated carbocycles. The van der Waals surface area contributed by atoms with Crippen LogP contribution >= 0.6 is 23.1 Å². The van der Waals surface area contributed by atoms with Crippen LogP contribution in [0.25, 0.3) is 10.2 Å². The number of amides is 1. The van der Waals surface area contributed by atoms with Crippen LogP contribution in [-0.2, 0) is 17.6 Å². The van der Waals surface area contributed by atoms with E-state index in [1.165, 1.54) is 11.8 Å². The number of thioether (sulfide) groups is 1. The smallest absolute Gasteiger partial charge is 0.263 e. The highest BCUT2D eigenvalue weighted by Gasteiger charge is 2.25. The minimum Gasteiger partial charge on any atom is -0.325 e. The summed E-state index contributed by atoms with van der Waals surface area (Å²) in [5, 5.41) is 4.55. The number of para-hydroxylation sites is 1. The quantitative estimate of drug-likeness (QED) is 0.338. The summed E-state index contributed by atoms with van der Waals surface area (Å²) in [4.78, 5) is 33.2. The number of benzene rings is 1. The van der Waals surface area contributed by atoms with Crippen molar-refractivity contribution in [2.24, 2.45) is 0 Å². The van der Waals surface area contributed by atoms with Gasteiger partial charge in [-0.2, -0.15) is 0 Å². The number of thiophene rings is 1. The number of hydrogen-bond acceptors (Lipinski definition) is 5. The number of aryl methyl sites for hydroxylation is 4. The van der Waals surface area contributed by atoms with Crippen molar-refractivity contribution < 1.29 is 4.79 Å². The Balaban J connectivity index is 1.63. The highest BCUT2D eigenvalue weighted by Crippen LogP contribution is 2.34. The first-order chi connectivity index (χ1) is 15.4. The van der Waals surface area contributed by atoms with E-state index in [1.54, 1.807) is 11.3 Å². The summed E-state index contributed by atoms with van der Waals surface area (Å²) >= 11 is 2.95. The number of anilines is 1. The van der Waals surface area contributed by atoms with Crippen LogP contribution in [0.4, 0.5) is 5.69 Å². The van der Waals surface area contributed by atoms with Crippen LogP contribution in [0.3, 0.4) is 0 Å². The maximum absolute atomic E-state index is 13.5. The van der Waals surface area contributed by atoms with E-state index in [2.05, 4.69) is 31.3 Å². The van der Waals surface area contributed by atoms with Gasteiger partial charge in [-0.1, -0.05) is 56.7 Å². The van der Waals surface area contributed by atoms with Gasteiger partial charge >= 0.3 is 0 Å². The predicted octanol–water partition coefficient (Wildman–Crippen LogP) is 6.05. The number of rotatable bonds is 7. The van der Waals surface area contributed by atoms with Crippen LogP contribution in [0.2, 0.25) is 0 Å². The van der Waals surface area contributed by atoms with Crippen LogP contribution in [0.1, 0.15) is 67.1 Å². The summed E-state index contributed by atoms with van der Waals surface area (Å²) in [6.07, 6.45) is 6.00. The van der Waals surface area contributed by atoms with Gasteiger partial charge in [0, 0.05) is 16.6 Å². The van der Waals surface area contributed by atoms with Gasteiger partial charge in [-0.05, 0) is 56.2 Å². The monoisotopic (exact) mass is 469 g/mol. The molecule has 1 fully saturated rings. The molecular weight excluding hydrogens is 438 g/mol. The van der Waals surface area contributed by atoms with E-state index < -0.39 is 0 Å². The van der Waals surface area contributed by atoms with Crippen LogP contribution in [0, 0.1) is 13.8 Å². The fraction of sp³-hybridized carbons (Fsp3) is 0.480. The third-order valence-electron chi connectivity index (χ3n) is 6.49. The van der Waals surface area contributed by atoms with Gasteiger partial charge in [0.15, 0.2) is 5.16 Å². The third-order valence-corrected chi connectivity index (χ3v) is 8.54. The maximum atomic E-state index is 13.5. The lowest BCUT2D eigenvalue weighted by atomic mass is 10.0. The Morgan fingerprint density at radius 1 is 1.19 bits per heavy atom. The number of carbonyl (C=O) groups excluding carboxylic acids is 1. The Kier molecular flexibility index (Phi) is 7.05. The average molecular weight is 470 g/mol. The standard InChI is InChI=1S/C25H31N3O2S2/c1-5-17-10-9-11-18(6-2)22(17)26-20(29)14-31-25-27-23-21(15(3)16(4)32-23)24(30)28(25)19-12-7-8-13-19/h9-11,19H,5-8,12-14H2,1-4H3,(H,26,29). The summed E-state index contributed by atoms with van der Waals surface area (Å²) in [6, 6.07) is 6.36. The molecule has 5 nitrogen and oxygen atoms in total. The van der Waals surface area contributed by atoms with E-state index in [4.69, 9.17) is 4.98 Å². The maximum Gasteiger partial charge on any atom is 0.263 e. The first-order valence-corrected chi connectivity index (χ1v) is 13.3. The molecule has 2 aromatic heterocycles. The van der Waals surface area contributed by atoms with Crippen LogP contribution in [0.15, 0.2) is 28.2 Å². The summed E-state index contributed by atoms with van der Waals surface area (Å²) in [7, 11) is 0. The lowest BCUT2D eigenvalue weighted by molar-refractivity contribution is -0.113. The molecule has 1 amide bonds.